The molecule has 2 rings (SSSR count). The first-order valence-electron chi connectivity index (χ1n) is 7.64. The van der Waals surface area contributed by atoms with Crippen LogP contribution in [0.5, 0.6) is 0 Å². The van der Waals surface area contributed by atoms with Gasteiger partial charge in [-0.15, -0.1) is 12.4 Å². The Morgan fingerprint density at radius 1 is 1.38 bits per heavy atom. The number of halogens is 1. The number of anilines is 1. The number of nitrogens with two attached hydrogens (primary N) is 1. The van der Waals surface area contributed by atoms with Crippen LogP contribution in [0.4, 0.5) is 5.69 Å². The van der Waals surface area contributed by atoms with Crippen LogP contribution in [0.1, 0.15) is 56.0 Å². The zero-order valence-electron chi connectivity index (χ0n) is 13.4. The van der Waals surface area contributed by atoms with Crippen molar-refractivity contribution in [2.45, 2.75) is 59.0 Å². The van der Waals surface area contributed by atoms with Crippen LogP contribution in [0, 0.1) is 12.8 Å². The molecule has 3 nitrogen and oxygen atoms in total. The summed E-state index contributed by atoms with van der Waals surface area (Å²) in [6.45, 7) is 8.56. The number of carbonyl (C=O) groups is 1. The molecule has 2 atom stereocenters. The van der Waals surface area contributed by atoms with Crippen molar-refractivity contribution < 1.29 is 4.79 Å². The molecule has 2 unspecified atom stereocenters. The van der Waals surface area contributed by atoms with Crippen molar-refractivity contribution in [3.8, 4) is 0 Å². The first-order chi connectivity index (χ1) is 9.45. The van der Waals surface area contributed by atoms with Gasteiger partial charge in [-0.3, -0.25) is 4.79 Å². The van der Waals surface area contributed by atoms with Gasteiger partial charge in [0.1, 0.15) is 0 Å². The second kappa shape index (κ2) is 7.17. The summed E-state index contributed by atoms with van der Waals surface area (Å²) in [7, 11) is 0. The number of amides is 1. The van der Waals surface area contributed by atoms with Gasteiger partial charge in [0, 0.05) is 23.3 Å². The van der Waals surface area contributed by atoms with E-state index < -0.39 is 0 Å². The van der Waals surface area contributed by atoms with E-state index in [4.69, 9.17) is 5.73 Å². The highest BCUT2D eigenvalue weighted by molar-refractivity contribution is 5.97. The van der Waals surface area contributed by atoms with Crippen molar-refractivity contribution in [1.82, 2.24) is 4.90 Å². The van der Waals surface area contributed by atoms with E-state index in [-0.39, 0.29) is 24.4 Å². The van der Waals surface area contributed by atoms with Gasteiger partial charge in [-0.1, -0.05) is 26.3 Å². The van der Waals surface area contributed by atoms with Crippen LogP contribution in [-0.4, -0.2) is 22.9 Å². The molecule has 0 aromatic heterocycles. The van der Waals surface area contributed by atoms with E-state index in [0.717, 1.165) is 30.4 Å². The van der Waals surface area contributed by atoms with Crippen LogP contribution in [0.25, 0.3) is 0 Å². The average molecular weight is 311 g/mol. The molecule has 0 aliphatic heterocycles. The quantitative estimate of drug-likeness (QED) is 0.834. The summed E-state index contributed by atoms with van der Waals surface area (Å²) in [5.41, 5.74) is 8.27. The maximum Gasteiger partial charge on any atom is 0.254 e. The standard InChI is InChI=1S/C17H26N2O.ClH/c1-5-11(2)13(4)19(15-8-9-15)17(20)16-10-14(18)7-6-12(16)3;/h6-7,10-11,13,15H,5,8-9,18H2,1-4H3;1H. The van der Waals surface area contributed by atoms with Gasteiger partial charge in [-0.25, -0.2) is 0 Å². The van der Waals surface area contributed by atoms with Gasteiger partial charge in [-0.2, -0.15) is 0 Å². The monoisotopic (exact) mass is 310 g/mol. The highest BCUT2D eigenvalue weighted by Gasteiger charge is 2.37. The molecule has 0 heterocycles. The number of hydrogen-bond donors (Lipinski definition) is 1. The molecule has 4 heteroatoms. The van der Waals surface area contributed by atoms with E-state index in [1.165, 1.54) is 0 Å². The van der Waals surface area contributed by atoms with Gasteiger partial charge >= 0.3 is 0 Å². The SMILES string of the molecule is CCC(C)C(C)N(C(=O)c1cc(N)ccc1C)C1CC1.Cl. The Bertz CT molecular complexity index is 500. The summed E-state index contributed by atoms with van der Waals surface area (Å²) in [4.78, 5) is 15.0. The number of aryl methyl sites for hydroxylation is 1. The molecule has 1 aromatic rings. The second-order valence-electron chi connectivity index (χ2n) is 6.14. The van der Waals surface area contributed by atoms with Gasteiger partial charge in [0.15, 0.2) is 0 Å². The van der Waals surface area contributed by atoms with Gasteiger partial charge in [-0.05, 0) is 50.3 Å². The molecular formula is C17H27ClN2O. The predicted octanol–water partition coefficient (Wildman–Crippen LogP) is 4.04. The summed E-state index contributed by atoms with van der Waals surface area (Å²) in [5.74, 6) is 0.658. The fourth-order valence-corrected chi connectivity index (χ4v) is 2.66. The molecule has 1 saturated carbocycles. The molecule has 21 heavy (non-hydrogen) atoms. The number of nitrogen functional groups attached to an aromatic ring is 1. The smallest absolute Gasteiger partial charge is 0.254 e. The minimum atomic E-state index is 0. The molecule has 0 bridgehead atoms. The Balaban J connectivity index is 0.00000220. The number of hydrogen-bond acceptors (Lipinski definition) is 2. The number of benzene rings is 1. The second-order valence-corrected chi connectivity index (χ2v) is 6.14. The fraction of sp³-hybridized carbons (Fsp3) is 0.588. The Hall–Kier alpha value is -1.22. The summed E-state index contributed by atoms with van der Waals surface area (Å²) in [6, 6.07) is 6.30. The minimum Gasteiger partial charge on any atom is -0.399 e. The number of nitrogens with zero attached hydrogens (tertiary/aromatic N) is 1. The highest BCUT2D eigenvalue weighted by Crippen LogP contribution is 2.33. The molecule has 1 aromatic carbocycles. The predicted molar refractivity (Wildman–Crippen MR) is 90.9 cm³/mol. The Labute approximate surface area is 134 Å². The molecule has 0 spiro atoms. The van der Waals surface area contributed by atoms with Crippen LogP contribution in [-0.2, 0) is 0 Å². The Kier molecular flexibility index (Phi) is 6.09. The van der Waals surface area contributed by atoms with Crippen LogP contribution in [0.15, 0.2) is 18.2 Å². The maximum absolute atomic E-state index is 12.9. The molecule has 1 aliphatic rings. The van der Waals surface area contributed by atoms with Gasteiger partial charge < -0.3 is 10.6 Å². The molecule has 1 fully saturated rings. The van der Waals surface area contributed by atoms with Crippen molar-refractivity contribution in [2.75, 3.05) is 5.73 Å². The van der Waals surface area contributed by atoms with Crippen LogP contribution in [0.3, 0.4) is 0 Å². The summed E-state index contributed by atoms with van der Waals surface area (Å²) >= 11 is 0. The summed E-state index contributed by atoms with van der Waals surface area (Å²) < 4.78 is 0. The molecule has 1 aliphatic carbocycles. The van der Waals surface area contributed by atoms with Crippen molar-refractivity contribution in [2.24, 2.45) is 5.92 Å². The molecule has 0 radical (unpaired) electrons. The van der Waals surface area contributed by atoms with Gasteiger partial charge in [0.2, 0.25) is 0 Å². The van der Waals surface area contributed by atoms with Crippen LogP contribution < -0.4 is 5.73 Å². The fourth-order valence-electron chi connectivity index (χ4n) is 2.66. The highest BCUT2D eigenvalue weighted by atomic mass is 35.5. The molecule has 118 valence electrons. The maximum atomic E-state index is 12.9. The lowest BCUT2D eigenvalue weighted by Crippen LogP contribution is -2.43. The van der Waals surface area contributed by atoms with E-state index in [1.807, 2.05) is 25.1 Å². The average Bonchev–Trinajstić information content (AvgIpc) is 3.25. The normalized spacial score (nSPS) is 16.8. The van der Waals surface area contributed by atoms with Crippen LogP contribution in [0.2, 0.25) is 0 Å². The van der Waals surface area contributed by atoms with E-state index in [9.17, 15) is 4.79 Å². The third kappa shape index (κ3) is 3.91. The molecule has 0 saturated heterocycles. The third-order valence-electron chi connectivity index (χ3n) is 4.57. The van der Waals surface area contributed by atoms with Crippen molar-refractivity contribution >= 4 is 24.0 Å². The van der Waals surface area contributed by atoms with E-state index in [0.29, 0.717) is 17.6 Å². The minimum absolute atomic E-state index is 0. The Morgan fingerprint density at radius 3 is 2.52 bits per heavy atom. The Morgan fingerprint density at radius 2 is 2.00 bits per heavy atom. The number of rotatable bonds is 5. The zero-order valence-corrected chi connectivity index (χ0v) is 14.2. The molecule has 1 amide bonds. The van der Waals surface area contributed by atoms with Crippen LogP contribution >= 0.6 is 12.4 Å². The zero-order chi connectivity index (χ0) is 14.9. The third-order valence-corrected chi connectivity index (χ3v) is 4.57. The number of carbonyl (C=O) groups excluding carboxylic acids is 1. The summed E-state index contributed by atoms with van der Waals surface area (Å²) in [6.07, 6.45) is 3.36. The van der Waals surface area contributed by atoms with Crippen molar-refractivity contribution in [3.05, 3.63) is 29.3 Å². The molecule has 2 N–H and O–H groups in total. The van der Waals surface area contributed by atoms with E-state index >= 15 is 0 Å². The van der Waals surface area contributed by atoms with Gasteiger partial charge in [0.25, 0.3) is 5.91 Å². The largest absolute Gasteiger partial charge is 0.399 e. The van der Waals surface area contributed by atoms with E-state index in [1.54, 1.807) is 0 Å². The molecular weight excluding hydrogens is 284 g/mol. The first kappa shape index (κ1) is 17.8. The lowest BCUT2D eigenvalue weighted by atomic mass is 9.97. The van der Waals surface area contributed by atoms with Crippen molar-refractivity contribution in [3.63, 3.8) is 0 Å². The first-order valence-corrected chi connectivity index (χ1v) is 7.64. The van der Waals surface area contributed by atoms with Crippen molar-refractivity contribution in [1.29, 1.82) is 0 Å². The van der Waals surface area contributed by atoms with E-state index in [2.05, 4.69) is 25.7 Å². The summed E-state index contributed by atoms with van der Waals surface area (Å²) in [5, 5.41) is 0. The van der Waals surface area contributed by atoms with Gasteiger partial charge in [0.05, 0.1) is 0 Å². The lowest BCUT2D eigenvalue weighted by Gasteiger charge is -2.33. The topological polar surface area (TPSA) is 46.3 Å². The lowest BCUT2D eigenvalue weighted by molar-refractivity contribution is 0.0615.